The molecule has 0 aliphatic carbocycles. The van der Waals surface area contributed by atoms with E-state index in [4.69, 9.17) is 4.74 Å². The largest absolute Gasteiger partial charge is 0.494 e. The standard InChI is InChI=1S/C27H29N3O2/c1-6-32-26-9-7-8-24(16-26)29-27(31)23(17-28)15-22-14-19(4)30(20(22)5)25-12-10-21(11-13-25)18(2)3/h7-16,18H,6H2,1-5H3,(H,29,31)/b23-15-. The van der Waals surface area contributed by atoms with E-state index in [1.54, 1.807) is 24.3 Å². The van der Waals surface area contributed by atoms with E-state index in [1.165, 1.54) is 5.56 Å². The van der Waals surface area contributed by atoms with Crippen molar-refractivity contribution in [2.24, 2.45) is 0 Å². The molecule has 1 aromatic heterocycles. The van der Waals surface area contributed by atoms with Gasteiger partial charge in [0.25, 0.3) is 5.91 Å². The summed E-state index contributed by atoms with van der Waals surface area (Å²) in [5.41, 5.74) is 5.81. The molecule has 0 saturated carbocycles. The van der Waals surface area contributed by atoms with E-state index < -0.39 is 5.91 Å². The maximum atomic E-state index is 12.7. The second-order valence-corrected chi connectivity index (χ2v) is 7.99. The molecule has 5 heteroatoms. The number of carbonyl (C=O) groups is 1. The first-order valence-corrected chi connectivity index (χ1v) is 10.8. The summed E-state index contributed by atoms with van der Waals surface area (Å²) in [6.07, 6.45) is 1.64. The maximum Gasteiger partial charge on any atom is 0.266 e. The van der Waals surface area contributed by atoms with Crippen LogP contribution >= 0.6 is 0 Å². The van der Waals surface area contributed by atoms with Gasteiger partial charge in [0.15, 0.2) is 0 Å². The van der Waals surface area contributed by atoms with E-state index in [2.05, 4.69) is 48.0 Å². The summed E-state index contributed by atoms with van der Waals surface area (Å²) in [6, 6.07) is 19.6. The van der Waals surface area contributed by atoms with E-state index in [-0.39, 0.29) is 5.57 Å². The third kappa shape index (κ3) is 5.09. The highest BCUT2D eigenvalue weighted by molar-refractivity contribution is 6.09. The molecule has 2 aromatic carbocycles. The van der Waals surface area contributed by atoms with Gasteiger partial charge in [-0.1, -0.05) is 32.0 Å². The van der Waals surface area contributed by atoms with Crippen LogP contribution in [0, 0.1) is 25.2 Å². The molecule has 164 valence electrons. The third-order valence-corrected chi connectivity index (χ3v) is 5.36. The Morgan fingerprint density at radius 3 is 2.50 bits per heavy atom. The minimum atomic E-state index is -0.452. The van der Waals surface area contributed by atoms with Crippen LogP contribution < -0.4 is 10.1 Å². The van der Waals surface area contributed by atoms with E-state index in [0.29, 0.717) is 24.0 Å². The lowest BCUT2D eigenvalue weighted by atomic mass is 10.0. The first kappa shape index (κ1) is 22.9. The molecule has 1 heterocycles. The summed E-state index contributed by atoms with van der Waals surface area (Å²) in [5, 5.41) is 12.4. The van der Waals surface area contributed by atoms with Gasteiger partial charge in [0.1, 0.15) is 17.4 Å². The fraction of sp³-hybridized carbons (Fsp3) is 0.259. The Morgan fingerprint density at radius 1 is 1.16 bits per heavy atom. The van der Waals surface area contributed by atoms with Gasteiger partial charge in [-0.3, -0.25) is 4.79 Å². The van der Waals surface area contributed by atoms with Gasteiger partial charge in [0, 0.05) is 28.8 Å². The number of aryl methyl sites for hydroxylation is 1. The molecule has 3 rings (SSSR count). The smallest absolute Gasteiger partial charge is 0.266 e. The highest BCUT2D eigenvalue weighted by Gasteiger charge is 2.14. The molecular weight excluding hydrogens is 398 g/mol. The van der Waals surface area contributed by atoms with Crippen molar-refractivity contribution in [1.29, 1.82) is 5.26 Å². The molecule has 0 saturated heterocycles. The quantitative estimate of drug-likeness (QED) is 0.363. The molecule has 0 aliphatic heterocycles. The molecule has 3 aromatic rings. The SMILES string of the molecule is CCOc1cccc(NC(=O)/C(C#N)=C\c2cc(C)n(-c3ccc(C(C)C)cc3)c2C)c1. The van der Waals surface area contributed by atoms with Crippen LogP contribution in [0.3, 0.4) is 0 Å². The fourth-order valence-corrected chi connectivity index (χ4v) is 3.67. The van der Waals surface area contributed by atoms with Gasteiger partial charge in [-0.25, -0.2) is 0 Å². The zero-order valence-corrected chi connectivity index (χ0v) is 19.3. The number of benzene rings is 2. The molecule has 1 N–H and O–H groups in total. The van der Waals surface area contributed by atoms with Crippen molar-refractivity contribution in [3.63, 3.8) is 0 Å². The van der Waals surface area contributed by atoms with Gasteiger partial charge < -0.3 is 14.6 Å². The van der Waals surface area contributed by atoms with Crippen molar-refractivity contribution >= 4 is 17.7 Å². The topological polar surface area (TPSA) is 67.0 Å². The van der Waals surface area contributed by atoms with E-state index in [1.807, 2.05) is 39.0 Å². The highest BCUT2D eigenvalue weighted by atomic mass is 16.5. The number of amides is 1. The van der Waals surface area contributed by atoms with Gasteiger partial charge in [-0.05, 0) is 74.2 Å². The minimum absolute atomic E-state index is 0.0437. The average molecular weight is 428 g/mol. The number of hydrogen-bond acceptors (Lipinski definition) is 3. The van der Waals surface area contributed by atoms with Crippen molar-refractivity contribution in [3.8, 4) is 17.5 Å². The monoisotopic (exact) mass is 427 g/mol. The molecule has 0 bridgehead atoms. The van der Waals surface area contributed by atoms with Crippen LogP contribution in [0.5, 0.6) is 5.75 Å². The van der Waals surface area contributed by atoms with Gasteiger partial charge in [0.05, 0.1) is 6.61 Å². The number of aromatic nitrogens is 1. The van der Waals surface area contributed by atoms with Crippen molar-refractivity contribution in [2.45, 2.75) is 40.5 Å². The summed E-state index contributed by atoms with van der Waals surface area (Å²) < 4.78 is 7.60. The Hall–Kier alpha value is -3.78. The molecule has 0 spiro atoms. The number of hydrogen-bond donors (Lipinski definition) is 1. The van der Waals surface area contributed by atoms with Crippen LogP contribution in [0.15, 0.2) is 60.2 Å². The number of nitrogens with one attached hydrogen (secondary N) is 1. The van der Waals surface area contributed by atoms with Crippen LogP contribution in [-0.4, -0.2) is 17.1 Å². The molecule has 0 aliphatic rings. The Bertz CT molecular complexity index is 1180. The van der Waals surface area contributed by atoms with Crippen LogP contribution in [0.4, 0.5) is 5.69 Å². The van der Waals surface area contributed by atoms with Crippen molar-refractivity contribution < 1.29 is 9.53 Å². The van der Waals surface area contributed by atoms with Gasteiger partial charge in [-0.2, -0.15) is 5.26 Å². The predicted molar refractivity (Wildman–Crippen MR) is 129 cm³/mol. The first-order valence-electron chi connectivity index (χ1n) is 10.8. The number of carbonyl (C=O) groups excluding carboxylic acids is 1. The van der Waals surface area contributed by atoms with Crippen LogP contribution in [0.2, 0.25) is 0 Å². The Kier molecular flexibility index (Phi) is 7.17. The molecule has 0 unspecified atom stereocenters. The second kappa shape index (κ2) is 10.0. The van der Waals surface area contributed by atoms with Gasteiger partial charge >= 0.3 is 0 Å². The van der Waals surface area contributed by atoms with E-state index in [9.17, 15) is 10.1 Å². The average Bonchev–Trinajstić information content (AvgIpc) is 3.05. The lowest BCUT2D eigenvalue weighted by Crippen LogP contribution is -2.13. The zero-order chi connectivity index (χ0) is 23.3. The maximum absolute atomic E-state index is 12.7. The molecule has 5 nitrogen and oxygen atoms in total. The van der Waals surface area contributed by atoms with Crippen LogP contribution in [0.1, 0.15) is 49.2 Å². The highest BCUT2D eigenvalue weighted by Crippen LogP contribution is 2.25. The number of nitriles is 1. The lowest BCUT2D eigenvalue weighted by Gasteiger charge is -2.12. The molecule has 32 heavy (non-hydrogen) atoms. The summed E-state index contributed by atoms with van der Waals surface area (Å²) >= 11 is 0. The van der Waals surface area contributed by atoms with Gasteiger partial charge in [0.2, 0.25) is 0 Å². The Balaban J connectivity index is 1.87. The number of rotatable bonds is 7. The summed E-state index contributed by atoms with van der Waals surface area (Å²) in [4.78, 5) is 12.7. The number of anilines is 1. The van der Waals surface area contributed by atoms with Crippen molar-refractivity contribution in [3.05, 3.63) is 82.7 Å². The molecule has 1 amide bonds. The lowest BCUT2D eigenvalue weighted by molar-refractivity contribution is -0.112. The predicted octanol–water partition coefficient (Wildman–Crippen LogP) is 6.16. The minimum Gasteiger partial charge on any atom is -0.494 e. The fourth-order valence-electron chi connectivity index (χ4n) is 3.67. The normalized spacial score (nSPS) is 11.3. The summed E-state index contributed by atoms with van der Waals surface area (Å²) in [5.74, 6) is 0.687. The summed E-state index contributed by atoms with van der Waals surface area (Å²) in [7, 11) is 0. The number of ether oxygens (including phenoxy) is 1. The zero-order valence-electron chi connectivity index (χ0n) is 19.3. The Labute approximate surface area is 190 Å². The molecular formula is C27H29N3O2. The van der Waals surface area contributed by atoms with E-state index in [0.717, 1.165) is 22.6 Å². The Morgan fingerprint density at radius 2 is 1.88 bits per heavy atom. The van der Waals surface area contributed by atoms with Crippen molar-refractivity contribution in [1.82, 2.24) is 4.57 Å². The second-order valence-electron chi connectivity index (χ2n) is 7.99. The van der Waals surface area contributed by atoms with Crippen LogP contribution in [-0.2, 0) is 4.79 Å². The molecule has 0 fully saturated rings. The van der Waals surface area contributed by atoms with Crippen molar-refractivity contribution in [2.75, 3.05) is 11.9 Å². The summed E-state index contributed by atoms with van der Waals surface area (Å²) in [6.45, 7) is 10.8. The third-order valence-electron chi connectivity index (χ3n) is 5.36. The first-order chi connectivity index (χ1) is 15.3. The van der Waals surface area contributed by atoms with Gasteiger partial charge in [-0.15, -0.1) is 0 Å². The molecule has 0 radical (unpaired) electrons. The van der Waals surface area contributed by atoms with E-state index >= 15 is 0 Å². The molecule has 0 atom stereocenters. The van der Waals surface area contributed by atoms with Crippen LogP contribution in [0.25, 0.3) is 11.8 Å². The number of nitrogens with zero attached hydrogens (tertiary/aromatic N) is 2.